The van der Waals surface area contributed by atoms with Crippen LogP contribution in [-0.4, -0.2) is 31.6 Å². The van der Waals surface area contributed by atoms with Crippen LogP contribution < -0.4 is 5.32 Å². The molecule has 2 nitrogen and oxygen atoms in total. The highest BCUT2D eigenvalue weighted by molar-refractivity contribution is 5.23. The van der Waals surface area contributed by atoms with Gasteiger partial charge in [-0.15, -0.1) is 0 Å². The van der Waals surface area contributed by atoms with Crippen LogP contribution in [0.1, 0.15) is 31.4 Å². The number of benzene rings is 1. The molecule has 1 aromatic rings. The monoisotopic (exact) mass is 268 g/mol. The Bertz CT molecular complexity index is 394. The summed E-state index contributed by atoms with van der Waals surface area (Å²) < 4.78 is 27.6. The van der Waals surface area contributed by atoms with Crippen molar-refractivity contribution in [3.05, 3.63) is 35.4 Å². The Kier molecular flexibility index (Phi) is 4.88. The minimum atomic E-state index is -0.440. The van der Waals surface area contributed by atoms with Gasteiger partial charge in [0.25, 0.3) is 0 Å². The van der Waals surface area contributed by atoms with Gasteiger partial charge in [-0.25, -0.2) is 8.78 Å². The van der Waals surface area contributed by atoms with Crippen LogP contribution >= 0.6 is 0 Å². The van der Waals surface area contributed by atoms with Crippen molar-refractivity contribution in [2.45, 2.75) is 25.8 Å². The topological polar surface area (TPSA) is 15.3 Å². The van der Waals surface area contributed by atoms with Gasteiger partial charge < -0.3 is 5.32 Å². The molecule has 1 N–H and O–H groups in total. The van der Waals surface area contributed by atoms with Crippen LogP contribution in [0.2, 0.25) is 0 Å². The number of halogens is 2. The van der Waals surface area contributed by atoms with Gasteiger partial charge in [0.1, 0.15) is 11.6 Å². The summed E-state index contributed by atoms with van der Waals surface area (Å²) in [6, 6.07) is 3.89. The number of likely N-dealkylation sites (tertiary alicyclic amines) is 1. The first-order chi connectivity index (χ1) is 9.13. The molecule has 0 amide bonds. The summed E-state index contributed by atoms with van der Waals surface area (Å²) in [5.74, 6) is -0.200. The zero-order chi connectivity index (χ0) is 13.8. The minimum Gasteiger partial charge on any atom is -0.319 e. The van der Waals surface area contributed by atoms with Gasteiger partial charge in [-0.1, -0.05) is 6.07 Å². The number of nitrogens with zero attached hydrogens (tertiary/aromatic N) is 1. The molecule has 0 bridgehead atoms. The minimum absolute atomic E-state index is 0.197. The van der Waals surface area contributed by atoms with Crippen molar-refractivity contribution < 1.29 is 8.78 Å². The van der Waals surface area contributed by atoms with E-state index in [0.717, 1.165) is 32.5 Å². The van der Waals surface area contributed by atoms with E-state index in [1.54, 1.807) is 0 Å². The van der Waals surface area contributed by atoms with Crippen molar-refractivity contribution in [1.82, 2.24) is 10.2 Å². The lowest BCUT2D eigenvalue weighted by atomic mass is 9.94. The van der Waals surface area contributed by atoms with E-state index >= 15 is 0 Å². The number of piperidine rings is 1. The van der Waals surface area contributed by atoms with E-state index in [1.165, 1.54) is 18.2 Å². The zero-order valence-corrected chi connectivity index (χ0v) is 11.6. The predicted octanol–water partition coefficient (Wildman–Crippen LogP) is 2.96. The molecule has 1 heterocycles. The Balaban J connectivity index is 2.03. The van der Waals surface area contributed by atoms with Crippen molar-refractivity contribution >= 4 is 0 Å². The summed E-state index contributed by atoms with van der Waals surface area (Å²) >= 11 is 0. The Morgan fingerprint density at radius 2 is 1.84 bits per heavy atom. The molecule has 4 heteroatoms. The molecule has 19 heavy (non-hydrogen) atoms. The maximum Gasteiger partial charge on any atom is 0.130 e. The van der Waals surface area contributed by atoms with Crippen LogP contribution in [0.3, 0.4) is 0 Å². The molecular weight excluding hydrogens is 246 g/mol. The van der Waals surface area contributed by atoms with Crippen LogP contribution in [0.25, 0.3) is 0 Å². The molecule has 106 valence electrons. The summed E-state index contributed by atoms with van der Waals surface area (Å²) in [4.78, 5) is 2.17. The third-order valence-electron chi connectivity index (χ3n) is 4.11. The number of hydrogen-bond donors (Lipinski definition) is 1. The highest BCUT2D eigenvalue weighted by Gasteiger charge is 2.26. The van der Waals surface area contributed by atoms with E-state index in [9.17, 15) is 8.78 Å². The fraction of sp³-hybridized carbons (Fsp3) is 0.600. The van der Waals surface area contributed by atoms with Crippen LogP contribution in [0, 0.1) is 17.6 Å². The highest BCUT2D eigenvalue weighted by atomic mass is 19.1. The van der Waals surface area contributed by atoms with Gasteiger partial charge in [-0.05, 0) is 64.5 Å². The van der Waals surface area contributed by atoms with Crippen molar-refractivity contribution in [1.29, 1.82) is 0 Å². The van der Waals surface area contributed by atoms with E-state index in [-0.39, 0.29) is 11.6 Å². The molecule has 1 atom stereocenters. The van der Waals surface area contributed by atoms with Gasteiger partial charge in [0, 0.05) is 11.6 Å². The van der Waals surface area contributed by atoms with E-state index < -0.39 is 11.6 Å². The molecule has 2 rings (SSSR count). The lowest BCUT2D eigenvalue weighted by Gasteiger charge is -2.36. The lowest BCUT2D eigenvalue weighted by molar-refractivity contribution is 0.136. The van der Waals surface area contributed by atoms with Gasteiger partial charge in [0.05, 0.1) is 0 Å². The summed E-state index contributed by atoms with van der Waals surface area (Å²) in [6.45, 7) is 4.72. The molecule has 1 saturated heterocycles. The summed E-state index contributed by atoms with van der Waals surface area (Å²) in [7, 11) is 1.96. The predicted molar refractivity (Wildman–Crippen MR) is 73.0 cm³/mol. The first-order valence-corrected chi connectivity index (χ1v) is 6.96. The fourth-order valence-electron chi connectivity index (χ4n) is 2.93. The second-order valence-electron chi connectivity index (χ2n) is 5.35. The molecule has 0 aromatic heterocycles. The van der Waals surface area contributed by atoms with Crippen molar-refractivity contribution in [2.75, 3.05) is 26.7 Å². The van der Waals surface area contributed by atoms with Crippen LogP contribution in [0.5, 0.6) is 0 Å². The van der Waals surface area contributed by atoms with Crippen LogP contribution in [0.15, 0.2) is 18.2 Å². The SMILES string of the molecule is CNCC1CCN(C(C)c2c(F)cccc2F)CC1. The second kappa shape index (κ2) is 6.44. The van der Waals surface area contributed by atoms with Gasteiger partial charge in [0.15, 0.2) is 0 Å². The van der Waals surface area contributed by atoms with Crippen LogP contribution in [-0.2, 0) is 0 Å². The van der Waals surface area contributed by atoms with Crippen molar-refractivity contribution in [3.63, 3.8) is 0 Å². The molecule has 1 aliphatic rings. The standard InChI is InChI=1S/C15H22F2N2/c1-11(15-13(16)4-3-5-14(15)17)19-8-6-12(7-9-19)10-18-2/h3-5,11-12,18H,6-10H2,1-2H3. The smallest absolute Gasteiger partial charge is 0.130 e. The zero-order valence-electron chi connectivity index (χ0n) is 11.6. The van der Waals surface area contributed by atoms with Crippen molar-refractivity contribution in [3.8, 4) is 0 Å². The highest BCUT2D eigenvalue weighted by Crippen LogP contribution is 2.29. The number of rotatable bonds is 4. The normalized spacial score (nSPS) is 19.6. The largest absolute Gasteiger partial charge is 0.319 e. The van der Waals surface area contributed by atoms with Gasteiger partial charge in [-0.2, -0.15) is 0 Å². The average Bonchev–Trinajstić information content (AvgIpc) is 2.39. The Morgan fingerprint density at radius 1 is 1.26 bits per heavy atom. The van der Waals surface area contributed by atoms with Gasteiger partial charge >= 0.3 is 0 Å². The molecule has 1 fully saturated rings. The molecule has 1 aliphatic heterocycles. The molecule has 0 spiro atoms. The van der Waals surface area contributed by atoms with Crippen LogP contribution in [0.4, 0.5) is 8.78 Å². The second-order valence-corrected chi connectivity index (χ2v) is 5.35. The summed E-state index contributed by atoms with van der Waals surface area (Å²) in [6.07, 6.45) is 2.17. The van der Waals surface area contributed by atoms with Gasteiger partial charge in [-0.3, -0.25) is 4.90 Å². The molecular formula is C15H22F2N2. The quantitative estimate of drug-likeness (QED) is 0.903. The fourth-order valence-corrected chi connectivity index (χ4v) is 2.93. The maximum absolute atomic E-state index is 13.8. The van der Waals surface area contributed by atoms with E-state index in [0.29, 0.717) is 5.92 Å². The maximum atomic E-state index is 13.8. The average molecular weight is 268 g/mol. The summed E-state index contributed by atoms with van der Waals surface area (Å²) in [5.41, 5.74) is 0.203. The van der Waals surface area contributed by atoms with Gasteiger partial charge in [0.2, 0.25) is 0 Å². The van der Waals surface area contributed by atoms with Crippen molar-refractivity contribution in [2.24, 2.45) is 5.92 Å². The van der Waals surface area contributed by atoms with E-state index in [1.807, 2.05) is 14.0 Å². The Hall–Kier alpha value is -1.00. The number of hydrogen-bond acceptors (Lipinski definition) is 2. The molecule has 1 unspecified atom stereocenters. The first-order valence-electron chi connectivity index (χ1n) is 6.96. The van der Waals surface area contributed by atoms with E-state index in [2.05, 4.69) is 10.2 Å². The molecule has 1 aromatic carbocycles. The lowest BCUT2D eigenvalue weighted by Crippen LogP contribution is -2.38. The summed E-state index contributed by atoms with van der Waals surface area (Å²) in [5, 5.41) is 3.19. The van der Waals surface area contributed by atoms with E-state index in [4.69, 9.17) is 0 Å². The third kappa shape index (κ3) is 3.31. The first kappa shape index (κ1) is 14.4. The number of nitrogens with one attached hydrogen (secondary N) is 1. The molecule has 0 aliphatic carbocycles. The third-order valence-corrected chi connectivity index (χ3v) is 4.11. The Morgan fingerprint density at radius 3 is 2.37 bits per heavy atom. The molecule has 0 saturated carbocycles. The molecule has 0 radical (unpaired) electrons. The Labute approximate surface area is 113 Å².